The smallest absolute Gasteiger partial charge is 0.115 e. The molecular formula is C16H23NO. The van der Waals surface area contributed by atoms with Gasteiger partial charge in [-0.1, -0.05) is 19.4 Å². The molecule has 0 radical (unpaired) electrons. The van der Waals surface area contributed by atoms with Crippen LogP contribution in [0.5, 0.6) is 5.75 Å². The number of phenolic OH excluding ortho intramolecular Hbond substituents is 1. The van der Waals surface area contributed by atoms with Gasteiger partial charge in [-0.3, -0.25) is 4.90 Å². The Bertz CT molecular complexity index is 429. The van der Waals surface area contributed by atoms with Crippen molar-refractivity contribution < 1.29 is 5.11 Å². The molecule has 1 fully saturated rings. The number of phenols is 1. The molecule has 0 spiro atoms. The average Bonchev–Trinajstić information content (AvgIpc) is 2.79. The predicted molar refractivity (Wildman–Crippen MR) is 74.1 cm³/mol. The lowest BCUT2D eigenvalue weighted by Gasteiger charge is -2.33. The molecule has 1 saturated heterocycles. The number of fused-ring (bicyclic) bond motifs is 3. The summed E-state index contributed by atoms with van der Waals surface area (Å²) in [7, 11) is 0. The third-order valence-corrected chi connectivity index (χ3v) is 4.70. The number of likely N-dealkylation sites (tertiary alicyclic amines) is 1. The van der Waals surface area contributed by atoms with Crippen molar-refractivity contribution in [3.8, 4) is 5.75 Å². The first-order chi connectivity index (χ1) is 8.79. The van der Waals surface area contributed by atoms with Gasteiger partial charge >= 0.3 is 0 Å². The first-order valence-electron chi connectivity index (χ1n) is 7.35. The molecule has 98 valence electrons. The van der Waals surface area contributed by atoms with Gasteiger partial charge in [0.25, 0.3) is 0 Å². The molecule has 2 heteroatoms. The summed E-state index contributed by atoms with van der Waals surface area (Å²) < 4.78 is 0. The lowest BCUT2D eigenvalue weighted by atomic mass is 9.79. The maximum atomic E-state index is 9.70. The van der Waals surface area contributed by atoms with E-state index in [4.69, 9.17) is 0 Å². The highest BCUT2D eigenvalue weighted by molar-refractivity contribution is 5.40. The van der Waals surface area contributed by atoms with E-state index in [1.807, 2.05) is 12.1 Å². The average molecular weight is 245 g/mol. The Balaban J connectivity index is 1.82. The Morgan fingerprint density at radius 1 is 1.33 bits per heavy atom. The molecule has 0 amide bonds. The van der Waals surface area contributed by atoms with Crippen molar-refractivity contribution in [2.75, 3.05) is 13.1 Å². The molecule has 0 unspecified atom stereocenters. The van der Waals surface area contributed by atoms with Gasteiger partial charge < -0.3 is 5.11 Å². The second-order valence-electron chi connectivity index (χ2n) is 5.77. The minimum atomic E-state index is 0.432. The Kier molecular flexibility index (Phi) is 3.29. The monoisotopic (exact) mass is 245 g/mol. The molecule has 1 N–H and O–H groups in total. The van der Waals surface area contributed by atoms with E-state index in [2.05, 4.69) is 17.9 Å². The molecule has 1 aromatic rings. The van der Waals surface area contributed by atoms with Gasteiger partial charge in [0.15, 0.2) is 0 Å². The van der Waals surface area contributed by atoms with Crippen LogP contribution < -0.4 is 0 Å². The number of hydrogen-bond donors (Lipinski definition) is 1. The van der Waals surface area contributed by atoms with Gasteiger partial charge in [0.05, 0.1) is 0 Å². The maximum absolute atomic E-state index is 9.70. The largest absolute Gasteiger partial charge is 0.508 e. The van der Waals surface area contributed by atoms with Crippen LogP contribution in [-0.2, 0) is 6.42 Å². The summed E-state index contributed by atoms with van der Waals surface area (Å²) in [5.74, 6) is 1.10. The third kappa shape index (κ3) is 2.03. The number of aryl methyl sites for hydroxylation is 1. The number of rotatable bonds is 3. The standard InChI is InChI=1S/C16H23NO/c1-2-3-9-17-10-8-14-15-11-13(18)6-4-12(15)5-7-16(14)17/h4,6,11,14,16,18H,2-3,5,7-10H2,1H3/t14-,16+/m1/s1. The third-order valence-electron chi connectivity index (χ3n) is 4.70. The molecule has 18 heavy (non-hydrogen) atoms. The van der Waals surface area contributed by atoms with E-state index in [1.165, 1.54) is 56.3 Å². The van der Waals surface area contributed by atoms with Crippen LogP contribution in [0.3, 0.4) is 0 Å². The zero-order valence-electron chi connectivity index (χ0n) is 11.2. The number of aromatic hydroxyl groups is 1. The molecule has 1 heterocycles. The highest BCUT2D eigenvalue weighted by atomic mass is 16.3. The van der Waals surface area contributed by atoms with Gasteiger partial charge in [-0.05, 0) is 62.0 Å². The van der Waals surface area contributed by atoms with Crippen LogP contribution in [0.15, 0.2) is 18.2 Å². The second-order valence-corrected chi connectivity index (χ2v) is 5.77. The van der Waals surface area contributed by atoms with Crippen LogP contribution >= 0.6 is 0 Å². The highest BCUT2D eigenvalue weighted by Crippen LogP contribution is 2.42. The normalized spacial score (nSPS) is 26.9. The number of nitrogens with zero attached hydrogens (tertiary/aromatic N) is 1. The molecule has 1 aliphatic carbocycles. The van der Waals surface area contributed by atoms with E-state index in [1.54, 1.807) is 0 Å². The Labute approximate surface area is 110 Å². The van der Waals surface area contributed by atoms with E-state index in [-0.39, 0.29) is 0 Å². The lowest BCUT2D eigenvalue weighted by molar-refractivity contribution is 0.224. The summed E-state index contributed by atoms with van der Waals surface area (Å²) in [5.41, 5.74) is 2.89. The van der Waals surface area contributed by atoms with Gasteiger partial charge in [-0.15, -0.1) is 0 Å². The molecule has 0 saturated carbocycles. The Morgan fingerprint density at radius 3 is 3.06 bits per heavy atom. The highest BCUT2D eigenvalue weighted by Gasteiger charge is 2.38. The quantitative estimate of drug-likeness (QED) is 0.883. The first-order valence-corrected chi connectivity index (χ1v) is 7.35. The minimum absolute atomic E-state index is 0.432. The molecule has 2 aliphatic rings. The fraction of sp³-hybridized carbons (Fsp3) is 0.625. The Hall–Kier alpha value is -1.02. The van der Waals surface area contributed by atoms with Crippen LogP contribution in [0.25, 0.3) is 0 Å². The van der Waals surface area contributed by atoms with E-state index in [0.29, 0.717) is 11.7 Å². The van der Waals surface area contributed by atoms with E-state index >= 15 is 0 Å². The molecule has 0 aromatic heterocycles. The van der Waals surface area contributed by atoms with Crippen molar-refractivity contribution >= 4 is 0 Å². The van der Waals surface area contributed by atoms with Gasteiger partial charge in [0.2, 0.25) is 0 Å². The van der Waals surface area contributed by atoms with Crippen molar-refractivity contribution in [1.82, 2.24) is 4.90 Å². The minimum Gasteiger partial charge on any atom is -0.508 e. The number of unbranched alkanes of at least 4 members (excludes halogenated alkanes) is 1. The molecule has 2 nitrogen and oxygen atoms in total. The molecular weight excluding hydrogens is 222 g/mol. The van der Waals surface area contributed by atoms with E-state index in [9.17, 15) is 5.11 Å². The van der Waals surface area contributed by atoms with Crippen LogP contribution in [0.1, 0.15) is 49.7 Å². The molecule has 0 bridgehead atoms. The zero-order chi connectivity index (χ0) is 12.5. The summed E-state index contributed by atoms with van der Waals surface area (Å²) in [4.78, 5) is 2.68. The number of benzene rings is 1. The fourth-order valence-electron chi connectivity index (χ4n) is 3.76. The Morgan fingerprint density at radius 2 is 2.22 bits per heavy atom. The molecule has 3 rings (SSSR count). The lowest BCUT2D eigenvalue weighted by Crippen LogP contribution is -2.35. The van der Waals surface area contributed by atoms with Crippen LogP contribution in [0, 0.1) is 0 Å². The maximum Gasteiger partial charge on any atom is 0.115 e. The van der Waals surface area contributed by atoms with Crippen molar-refractivity contribution in [2.45, 2.75) is 51.0 Å². The number of hydrogen-bond acceptors (Lipinski definition) is 2. The van der Waals surface area contributed by atoms with Crippen LogP contribution in [0.2, 0.25) is 0 Å². The summed E-state index contributed by atoms with van der Waals surface area (Å²) in [5, 5.41) is 9.70. The zero-order valence-corrected chi connectivity index (χ0v) is 11.2. The van der Waals surface area contributed by atoms with Gasteiger partial charge in [0, 0.05) is 12.0 Å². The summed E-state index contributed by atoms with van der Waals surface area (Å²) in [6.07, 6.45) is 6.35. The topological polar surface area (TPSA) is 23.5 Å². The molecule has 1 aliphatic heterocycles. The summed E-state index contributed by atoms with van der Waals surface area (Å²) >= 11 is 0. The molecule has 1 aromatic carbocycles. The van der Waals surface area contributed by atoms with Gasteiger partial charge in [-0.2, -0.15) is 0 Å². The molecule has 2 atom stereocenters. The van der Waals surface area contributed by atoms with Crippen molar-refractivity contribution in [2.24, 2.45) is 0 Å². The summed E-state index contributed by atoms with van der Waals surface area (Å²) in [6.45, 7) is 4.76. The van der Waals surface area contributed by atoms with E-state index < -0.39 is 0 Å². The van der Waals surface area contributed by atoms with Crippen molar-refractivity contribution in [1.29, 1.82) is 0 Å². The summed E-state index contributed by atoms with van der Waals surface area (Å²) in [6, 6.07) is 6.69. The SMILES string of the molecule is CCCCN1CC[C@@H]2c3cc(O)ccc3CC[C@@H]21. The predicted octanol–water partition coefficient (Wildman–Crippen LogP) is 3.30. The van der Waals surface area contributed by atoms with E-state index in [0.717, 1.165) is 6.04 Å². The fourth-order valence-corrected chi connectivity index (χ4v) is 3.76. The van der Waals surface area contributed by atoms with Crippen molar-refractivity contribution in [3.63, 3.8) is 0 Å². The van der Waals surface area contributed by atoms with Crippen molar-refractivity contribution in [3.05, 3.63) is 29.3 Å². The van der Waals surface area contributed by atoms with Crippen LogP contribution in [0.4, 0.5) is 0 Å². The van der Waals surface area contributed by atoms with Crippen LogP contribution in [-0.4, -0.2) is 29.1 Å². The second kappa shape index (κ2) is 4.93. The first kappa shape index (κ1) is 12.0. The van der Waals surface area contributed by atoms with Gasteiger partial charge in [0.1, 0.15) is 5.75 Å². The van der Waals surface area contributed by atoms with Gasteiger partial charge in [-0.25, -0.2) is 0 Å².